The lowest BCUT2D eigenvalue weighted by atomic mass is 10.2. The van der Waals surface area contributed by atoms with E-state index in [1.807, 2.05) is 30.6 Å². The van der Waals surface area contributed by atoms with Crippen LogP contribution in [0.5, 0.6) is 0 Å². The molecule has 0 spiro atoms. The molecule has 3 aromatic heterocycles. The van der Waals surface area contributed by atoms with Crippen molar-refractivity contribution in [1.29, 1.82) is 0 Å². The zero-order valence-corrected chi connectivity index (χ0v) is 9.24. The molecule has 0 aliphatic rings. The van der Waals surface area contributed by atoms with Crippen LogP contribution in [0.25, 0.3) is 20.5 Å². The van der Waals surface area contributed by atoms with E-state index in [1.54, 1.807) is 23.7 Å². The van der Waals surface area contributed by atoms with Crippen molar-refractivity contribution >= 4 is 27.1 Å². The van der Waals surface area contributed by atoms with E-state index in [4.69, 9.17) is 5.73 Å². The van der Waals surface area contributed by atoms with Crippen molar-refractivity contribution < 1.29 is 0 Å². The van der Waals surface area contributed by atoms with Crippen LogP contribution in [-0.4, -0.2) is 9.97 Å². The second-order valence-corrected chi connectivity index (χ2v) is 4.51. The molecule has 0 aliphatic carbocycles. The number of aromatic nitrogens is 2. The Bertz CT molecular complexity index is 631. The monoisotopic (exact) mass is 227 g/mol. The summed E-state index contributed by atoms with van der Waals surface area (Å²) in [5.74, 6) is 0. The van der Waals surface area contributed by atoms with Crippen molar-refractivity contribution in [3.05, 3.63) is 43.0 Å². The fourth-order valence-corrected chi connectivity index (χ4v) is 2.76. The van der Waals surface area contributed by atoms with Crippen LogP contribution in [0.15, 0.2) is 43.0 Å². The number of anilines is 1. The highest BCUT2D eigenvalue weighted by Gasteiger charge is 2.10. The summed E-state index contributed by atoms with van der Waals surface area (Å²) in [7, 11) is 0. The minimum absolute atomic E-state index is 0.815. The number of nitrogens with zero attached hydrogens (tertiary/aromatic N) is 2. The first kappa shape index (κ1) is 9.30. The van der Waals surface area contributed by atoms with Crippen LogP contribution < -0.4 is 5.73 Å². The van der Waals surface area contributed by atoms with E-state index in [9.17, 15) is 0 Å². The number of nitrogen functional groups attached to an aromatic ring is 1. The largest absolute Gasteiger partial charge is 0.397 e. The third kappa shape index (κ3) is 1.35. The Kier molecular flexibility index (Phi) is 2.08. The van der Waals surface area contributed by atoms with E-state index in [-0.39, 0.29) is 0 Å². The number of fused-ring (bicyclic) bond motifs is 1. The summed E-state index contributed by atoms with van der Waals surface area (Å²) in [5, 5.41) is 1.07. The molecule has 0 saturated heterocycles. The summed E-state index contributed by atoms with van der Waals surface area (Å²) >= 11 is 1.65. The van der Waals surface area contributed by atoms with Gasteiger partial charge in [0.15, 0.2) is 0 Å². The normalized spacial score (nSPS) is 10.8. The standard InChI is InChI=1S/C12H9N3S/c13-11-9-3-5-15-7-10(9)16-12(11)8-2-1-4-14-6-8/h1-7H,13H2. The molecule has 3 rings (SSSR count). The summed E-state index contributed by atoms with van der Waals surface area (Å²) < 4.78 is 1.11. The molecule has 78 valence electrons. The highest BCUT2D eigenvalue weighted by Crippen LogP contribution is 2.39. The minimum Gasteiger partial charge on any atom is -0.397 e. The average molecular weight is 227 g/mol. The predicted molar refractivity (Wildman–Crippen MR) is 67.3 cm³/mol. The SMILES string of the molecule is Nc1c(-c2cccnc2)sc2cnccc12. The van der Waals surface area contributed by atoms with Crippen molar-refractivity contribution in [2.45, 2.75) is 0 Å². The van der Waals surface area contributed by atoms with Gasteiger partial charge in [0.05, 0.1) is 15.3 Å². The summed E-state index contributed by atoms with van der Waals surface area (Å²) in [5.41, 5.74) is 8.00. The maximum absolute atomic E-state index is 6.13. The summed E-state index contributed by atoms with van der Waals surface area (Å²) in [6.45, 7) is 0. The van der Waals surface area contributed by atoms with Gasteiger partial charge < -0.3 is 5.73 Å². The Morgan fingerprint density at radius 1 is 1.06 bits per heavy atom. The van der Waals surface area contributed by atoms with Gasteiger partial charge in [0.2, 0.25) is 0 Å². The average Bonchev–Trinajstić information content (AvgIpc) is 2.69. The van der Waals surface area contributed by atoms with Gasteiger partial charge in [-0.05, 0) is 12.1 Å². The molecule has 0 amide bonds. The Hall–Kier alpha value is -1.94. The molecule has 0 unspecified atom stereocenters. The third-order valence-corrected chi connectivity index (χ3v) is 3.66. The first-order valence-corrected chi connectivity index (χ1v) is 5.70. The zero-order valence-electron chi connectivity index (χ0n) is 8.42. The number of rotatable bonds is 1. The Morgan fingerprint density at radius 2 is 1.94 bits per heavy atom. The van der Waals surface area contributed by atoms with Crippen LogP contribution in [-0.2, 0) is 0 Å². The summed E-state index contributed by atoms with van der Waals surface area (Å²) in [6.07, 6.45) is 7.19. The Morgan fingerprint density at radius 3 is 2.69 bits per heavy atom. The molecule has 0 aromatic carbocycles. The highest BCUT2D eigenvalue weighted by molar-refractivity contribution is 7.23. The highest BCUT2D eigenvalue weighted by atomic mass is 32.1. The van der Waals surface area contributed by atoms with Gasteiger partial charge in [-0.1, -0.05) is 6.07 Å². The van der Waals surface area contributed by atoms with Crippen molar-refractivity contribution in [3.63, 3.8) is 0 Å². The Balaban J connectivity index is 2.29. The molecular weight excluding hydrogens is 218 g/mol. The van der Waals surface area contributed by atoms with E-state index in [0.29, 0.717) is 0 Å². The van der Waals surface area contributed by atoms with Crippen LogP contribution in [0.3, 0.4) is 0 Å². The topological polar surface area (TPSA) is 51.8 Å². The molecular formula is C12H9N3S. The van der Waals surface area contributed by atoms with Crippen LogP contribution in [0.1, 0.15) is 0 Å². The molecule has 0 radical (unpaired) electrons. The molecule has 0 atom stereocenters. The van der Waals surface area contributed by atoms with Gasteiger partial charge in [-0.25, -0.2) is 0 Å². The van der Waals surface area contributed by atoms with E-state index in [0.717, 1.165) is 26.2 Å². The van der Waals surface area contributed by atoms with Crippen molar-refractivity contribution in [2.24, 2.45) is 0 Å². The number of hydrogen-bond acceptors (Lipinski definition) is 4. The maximum Gasteiger partial charge on any atom is 0.0601 e. The Labute approximate surface area is 96.6 Å². The molecule has 3 aromatic rings. The lowest BCUT2D eigenvalue weighted by Gasteiger charge is -1.97. The fraction of sp³-hybridized carbons (Fsp3) is 0. The minimum atomic E-state index is 0.815. The molecule has 0 fully saturated rings. The number of hydrogen-bond donors (Lipinski definition) is 1. The van der Waals surface area contributed by atoms with Gasteiger partial charge in [0.1, 0.15) is 0 Å². The van der Waals surface area contributed by atoms with Crippen molar-refractivity contribution in [1.82, 2.24) is 9.97 Å². The third-order valence-electron chi connectivity index (χ3n) is 2.46. The van der Waals surface area contributed by atoms with E-state index in [1.165, 1.54) is 0 Å². The van der Waals surface area contributed by atoms with E-state index >= 15 is 0 Å². The van der Waals surface area contributed by atoms with Gasteiger partial charge in [-0.3, -0.25) is 9.97 Å². The van der Waals surface area contributed by atoms with Crippen LogP contribution in [0, 0.1) is 0 Å². The van der Waals surface area contributed by atoms with Gasteiger partial charge in [0.25, 0.3) is 0 Å². The first-order chi connectivity index (χ1) is 7.86. The van der Waals surface area contributed by atoms with Crippen molar-refractivity contribution in [3.8, 4) is 10.4 Å². The molecule has 4 heteroatoms. The van der Waals surface area contributed by atoms with Gasteiger partial charge in [-0.2, -0.15) is 0 Å². The molecule has 3 nitrogen and oxygen atoms in total. The van der Waals surface area contributed by atoms with Gasteiger partial charge in [-0.15, -0.1) is 11.3 Å². The van der Waals surface area contributed by atoms with Gasteiger partial charge in [0, 0.05) is 35.7 Å². The summed E-state index contributed by atoms with van der Waals surface area (Å²) in [6, 6.07) is 5.87. The number of nitrogens with two attached hydrogens (primary N) is 1. The lowest BCUT2D eigenvalue weighted by Crippen LogP contribution is -1.85. The van der Waals surface area contributed by atoms with Crippen LogP contribution in [0.4, 0.5) is 5.69 Å². The van der Waals surface area contributed by atoms with Crippen LogP contribution in [0.2, 0.25) is 0 Å². The molecule has 16 heavy (non-hydrogen) atoms. The second kappa shape index (κ2) is 3.57. The molecule has 0 saturated carbocycles. The zero-order chi connectivity index (χ0) is 11.0. The molecule has 0 aliphatic heterocycles. The fourth-order valence-electron chi connectivity index (χ4n) is 1.68. The molecule has 2 N–H and O–H groups in total. The first-order valence-electron chi connectivity index (χ1n) is 4.88. The van der Waals surface area contributed by atoms with Crippen LogP contribution >= 0.6 is 11.3 Å². The van der Waals surface area contributed by atoms with Crippen molar-refractivity contribution in [2.75, 3.05) is 5.73 Å². The maximum atomic E-state index is 6.13. The van der Waals surface area contributed by atoms with E-state index in [2.05, 4.69) is 9.97 Å². The lowest BCUT2D eigenvalue weighted by molar-refractivity contribution is 1.33. The predicted octanol–water partition coefficient (Wildman–Crippen LogP) is 2.94. The quantitative estimate of drug-likeness (QED) is 0.695. The second-order valence-electron chi connectivity index (χ2n) is 3.46. The number of pyridine rings is 2. The smallest absolute Gasteiger partial charge is 0.0601 e. The number of thiophene rings is 1. The molecule has 0 bridgehead atoms. The van der Waals surface area contributed by atoms with Gasteiger partial charge >= 0.3 is 0 Å². The summed E-state index contributed by atoms with van der Waals surface area (Å²) in [4.78, 5) is 9.27. The molecule has 3 heterocycles. The van der Waals surface area contributed by atoms with E-state index < -0.39 is 0 Å².